The fourth-order valence-corrected chi connectivity index (χ4v) is 2.37. The van der Waals surface area contributed by atoms with Gasteiger partial charge < -0.3 is 10.6 Å². The van der Waals surface area contributed by atoms with Gasteiger partial charge in [-0.2, -0.15) is 0 Å². The molecule has 0 aromatic heterocycles. The molecule has 0 aliphatic heterocycles. The van der Waals surface area contributed by atoms with E-state index in [0.717, 1.165) is 0 Å². The molecule has 1 unspecified atom stereocenters. The summed E-state index contributed by atoms with van der Waals surface area (Å²) in [6, 6.07) is 13.2. The van der Waals surface area contributed by atoms with E-state index < -0.39 is 10.8 Å². The summed E-state index contributed by atoms with van der Waals surface area (Å²) in [4.78, 5) is 24.2. The summed E-state index contributed by atoms with van der Waals surface area (Å²) in [5.74, 6) is -0.442. The zero-order valence-electron chi connectivity index (χ0n) is 12.3. The van der Waals surface area contributed by atoms with Crippen molar-refractivity contribution in [1.82, 2.24) is 5.32 Å². The maximum Gasteiger partial charge on any atom is 0.255 e. The van der Waals surface area contributed by atoms with E-state index in [1.807, 2.05) is 0 Å². The summed E-state index contributed by atoms with van der Waals surface area (Å²) < 4.78 is 11.3. The van der Waals surface area contributed by atoms with Crippen molar-refractivity contribution in [3.05, 3.63) is 59.7 Å². The van der Waals surface area contributed by atoms with Crippen molar-refractivity contribution in [3.63, 3.8) is 0 Å². The maximum absolute atomic E-state index is 12.1. The van der Waals surface area contributed by atoms with Gasteiger partial charge >= 0.3 is 0 Å². The first kappa shape index (κ1) is 15.9. The fraction of sp³-hybridized carbons (Fsp3) is 0.125. The highest BCUT2D eigenvalue weighted by Crippen LogP contribution is 2.13. The van der Waals surface area contributed by atoms with Gasteiger partial charge in [0.15, 0.2) is 0 Å². The summed E-state index contributed by atoms with van der Waals surface area (Å²) in [7, 11) is 0.494. The Morgan fingerprint density at radius 2 is 1.36 bits per heavy atom. The fourth-order valence-electron chi connectivity index (χ4n) is 1.85. The lowest BCUT2D eigenvalue weighted by molar-refractivity contribution is 0.0962. The summed E-state index contributed by atoms with van der Waals surface area (Å²) in [5, 5.41) is 5.28. The van der Waals surface area contributed by atoms with Crippen LogP contribution in [0.5, 0.6) is 0 Å². The third kappa shape index (κ3) is 3.79. The predicted octanol–water partition coefficient (Wildman–Crippen LogP) is 2.04. The third-order valence-electron chi connectivity index (χ3n) is 3.08. The summed E-state index contributed by atoms with van der Waals surface area (Å²) in [6.45, 7) is 0. The normalized spacial score (nSPS) is 11.5. The molecule has 0 heterocycles. The maximum atomic E-state index is 12.1. The van der Waals surface area contributed by atoms with E-state index in [1.54, 1.807) is 61.8 Å². The van der Waals surface area contributed by atoms with Crippen LogP contribution in [0.1, 0.15) is 20.7 Å². The van der Waals surface area contributed by atoms with Gasteiger partial charge in [-0.25, -0.2) is 0 Å². The van der Waals surface area contributed by atoms with Gasteiger partial charge in [0.1, 0.15) is 0 Å². The van der Waals surface area contributed by atoms with Crippen LogP contribution in [0.25, 0.3) is 0 Å². The number of benzene rings is 2. The highest BCUT2D eigenvalue weighted by molar-refractivity contribution is 7.84. The molecule has 2 N–H and O–H groups in total. The number of hydrogen-bond donors (Lipinski definition) is 2. The molecule has 0 saturated heterocycles. The second kappa shape index (κ2) is 7.00. The Labute approximate surface area is 131 Å². The Hall–Kier alpha value is -2.47. The molecule has 6 heteroatoms. The lowest BCUT2D eigenvalue weighted by Crippen LogP contribution is -2.17. The lowest BCUT2D eigenvalue weighted by Gasteiger charge is -2.07. The molecule has 0 bridgehead atoms. The van der Waals surface area contributed by atoms with Crippen LogP contribution in [0.15, 0.2) is 53.4 Å². The van der Waals surface area contributed by atoms with E-state index in [-0.39, 0.29) is 11.8 Å². The van der Waals surface area contributed by atoms with E-state index in [1.165, 1.54) is 0 Å². The highest BCUT2D eigenvalue weighted by atomic mass is 32.2. The van der Waals surface area contributed by atoms with Gasteiger partial charge in [-0.15, -0.1) is 0 Å². The van der Waals surface area contributed by atoms with Gasteiger partial charge in [-0.1, -0.05) is 0 Å². The summed E-state index contributed by atoms with van der Waals surface area (Å²) >= 11 is 0. The SMILES string of the molecule is CNC(=O)c1ccc(NC(=O)c2ccc(S(C)=O)cc2)cc1. The Kier molecular flexibility index (Phi) is 5.06. The van der Waals surface area contributed by atoms with Crippen LogP contribution in [0.2, 0.25) is 0 Å². The molecule has 2 rings (SSSR count). The lowest BCUT2D eigenvalue weighted by atomic mass is 10.1. The average molecular weight is 316 g/mol. The molecule has 0 radical (unpaired) electrons. The van der Waals surface area contributed by atoms with Crippen LogP contribution < -0.4 is 10.6 Å². The minimum atomic E-state index is -1.07. The van der Waals surface area contributed by atoms with Crippen molar-refractivity contribution >= 4 is 28.3 Å². The van der Waals surface area contributed by atoms with Crippen molar-refractivity contribution in [2.45, 2.75) is 4.90 Å². The standard InChI is InChI=1S/C16H16N2O3S/c1-17-15(19)11-3-7-13(8-4-11)18-16(20)12-5-9-14(10-6-12)22(2)21/h3-10H,1-2H3,(H,17,19)(H,18,20). The van der Waals surface area contributed by atoms with Crippen LogP contribution in [-0.2, 0) is 10.8 Å². The number of amides is 2. The van der Waals surface area contributed by atoms with Crippen molar-refractivity contribution < 1.29 is 13.8 Å². The molecule has 0 aliphatic carbocycles. The van der Waals surface area contributed by atoms with Crippen molar-refractivity contribution in [1.29, 1.82) is 0 Å². The first-order valence-electron chi connectivity index (χ1n) is 6.58. The third-order valence-corrected chi connectivity index (χ3v) is 4.02. The van der Waals surface area contributed by atoms with E-state index in [9.17, 15) is 13.8 Å². The van der Waals surface area contributed by atoms with Gasteiger partial charge in [0.25, 0.3) is 11.8 Å². The Balaban J connectivity index is 2.08. The smallest absolute Gasteiger partial charge is 0.255 e. The number of carbonyl (C=O) groups excluding carboxylic acids is 2. The molecule has 0 fully saturated rings. The van der Waals surface area contributed by atoms with Crippen LogP contribution in [0.4, 0.5) is 5.69 Å². The molecule has 1 atom stereocenters. The minimum absolute atomic E-state index is 0.180. The largest absolute Gasteiger partial charge is 0.355 e. The van der Waals surface area contributed by atoms with Gasteiger partial charge in [0.2, 0.25) is 0 Å². The number of nitrogens with one attached hydrogen (secondary N) is 2. The van der Waals surface area contributed by atoms with Crippen LogP contribution >= 0.6 is 0 Å². The molecule has 114 valence electrons. The average Bonchev–Trinajstić information content (AvgIpc) is 2.54. The number of carbonyl (C=O) groups is 2. The number of hydrogen-bond acceptors (Lipinski definition) is 3. The van der Waals surface area contributed by atoms with Gasteiger partial charge in [0, 0.05) is 45.8 Å². The molecule has 0 aliphatic rings. The Morgan fingerprint density at radius 3 is 1.86 bits per heavy atom. The Bertz CT molecular complexity index is 709. The van der Waals surface area contributed by atoms with Crippen molar-refractivity contribution in [2.24, 2.45) is 0 Å². The monoisotopic (exact) mass is 316 g/mol. The quantitative estimate of drug-likeness (QED) is 0.906. The molecular weight excluding hydrogens is 300 g/mol. The number of rotatable bonds is 4. The number of anilines is 1. The van der Waals surface area contributed by atoms with E-state index in [4.69, 9.17) is 0 Å². The second-order valence-electron chi connectivity index (χ2n) is 4.59. The van der Waals surface area contributed by atoms with E-state index in [2.05, 4.69) is 10.6 Å². The topological polar surface area (TPSA) is 75.3 Å². The molecule has 0 spiro atoms. The Morgan fingerprint density at radius 1 is 0.864 bits per heavy atom. The van der Waals surface area contributed by atoms with Gasteiger partial charge in [-0.3, -0.25) is 13.8 Å². The zero-order valence-corrected chi connectivity index (χ0v) is 13.1. The molecule has 0 saturated carbocycles. The second-order valence-corrected chi connectivity index (χ2v) is 5.97. The molecule has 2 aromatic carbocycles. The van der Waals surface area contributed by atoms with Gasteiger partial charge in [0.05, 0.1) is 0 Å². The first-order chi connectivity index (χ1) is 10.5. The predicted molar refractivity (Wildman–Crippen MR) is 86.6 cm³/mol. The van der Waals surface area contributed by atoms with Crippen molar-refractivity contribution in [3.8, 4) is 0 Å². The molecule has 2 amide bonds. The van der Waals surface area contributed by atoms with E-state index in [0.29, 0.717) is 21.7 Å². The van der Waals surface area contributed by atoms with Gasteiger partial charge in [-0.05, 0) is 48.5 Å². The molecule has 5 nitrogen and oxygen atoms in total. The first-order valence-corrected chi connectivity index (χ1v) is 8.14. The zero-order chi connectivity index (χ0) is 16.1. The summed E-state index contributed by atoms with van der Waals surface area (Å²) in [6.07, 6.45) is 1.59. The van der Waals surface area contributed by atoms with Crippen LogP contribution in [-0.4, -0.2) is 29.3 Å². The minimum Gasteiger partial charge on any atom is -0.355 e. The highest BCUT2D eigenvalue weighted by Gasteiger charge is 2.08. The van der Waals surface area contributed by atoms with Crippen molar-refractivity contribution in [2.75, 3.05) is 18.6 Å². The van der Waals surface area contributed by atoms with E-state index >= 15 is 0 Å². The van der Waals surface area contributed by atoms with Crippen LogP contribution in [0.3, 0.4) is 0 Å². The van der Waals surface area contributed by atoms with Crippen LogP contribution in [0, 0.1) is 0 Å². The molecule has 2 aromatic rings. The summed E-state index contributed by atoms with van der Waals surface area (Å²) in [5.41, 5.74) is 1.60. The molecule has 22 heavy (non-hydrogen) atoms. The molecular formula is C16H16N2O3S.